The predicted octanol–water partition coefficient (Wildman–Crippen LogP) is 5.80. The molecule has 0 aliphatic heterocycles. The van der Waals surface area contributed by atoms with Crippen LogP contribution in [0.2, 0.25) is 0 Å². The number of nitrogens with zero attached hydrogens (tertiary/aromatic N) is 1. The number of hydrogen-bond donors (Lipinski definition) is 1. The Hall–Kier alpha value is -3.60. The van der Waals surface area contributed by atoms with Crippen LogP contribution in [-0.4, -0.2) is 31.1 Å². The van der Waals surface area contributed by atoms with Gasteiger partial charge in [0.25, 0.3) is 0 Å². The molecule has 5 nitrogen and oxygen atoms in total. The molecule has 0 bridgehead atoms. The Morgan fingerprint density at radius 2 is 1.41 bits per heavy atom. The Morgan fingerprint density at radius 1 is 0.875 bits per heavy atom. The molecule has 0 saturated heterocycles. The van der Waals surface area contributed by atoms with Crippen LogP contribution in [0.4, 0.5) is 4.79 Å². The van der Waals surface area contributed by atoms with Crippen molar-refractivity contribution in [3.05, 3.63) is 102 Å². The van der Waals surface area contributed by atoms with Crippen LogP contribution in [0.5, 0.6) is 5.75 Å². The average Bonchev–Trinajstić information content (AvgIpc) is 2.79. The zero-order valence-corrected chi connectivity index (χ0v) is 19.0. The fourth-order valence-electron chi connectivity index (χ4n) is 3.22. The summed E-state index contributed by atoms with van der Waals surface area (Å²) in [7, 11) is 1.64. The minimum absolute atomic E-state index is 0.296. The van der Waals surface area contributed by atoms with E-state index in [2.05, 4.69) is 5.32 Å². The van der Waals surface area contributed by atoms with Gasteiger partial charge < -0.3 is 14.8 Å². The van der Waals surface area contributed by atoms with Crippen LogP contribution in [0, 0.1) is 0 Å². The summed E-state index contributed by atoms with van der Waals surface area (Å²) in [4.78, 5) is 17.4. The fraction of sp³-hybridized carbons (Fsp3) is 0.259. The van der Waals surface area contributed by atoms with Crippen molar-refractivity contribution in [2.75, 3.05) is 13.7 Å². The van der Waals surface area contributed by atoms with Gasteiger partial charge in [-0.15, -0.1) is 0 Å². The summed E-state index contributed by atoms with van der Waals surface area (Å²) >= 11 is 0. The molecule has 1 atom stereocenters. The van der Waals surface area contributed by atoms with Crippen molar-refractivity contribution in [2.24, 2.45) is 4.99 Å². The van der Waals surface area contributed by atoms with Crippen LogP contribution in [0.15, 0.2) is 89.9 Å². The van der Waals surface area contributed by atoms with Crippen molar-refractivity contribution in [1.29, 1.82) is 0 Å². The molecule has 32 heavy (non-hydrogen) atoms. The second-order valence-corrected chi connectivity index (χ2v) is 8.38. The second-order valence-electron chi connectivity index (χ2n) is 8.38. The van der Waals surface area contributed by atoms with E-state index in [1.807, 2.05) is 106 Å². The molecule has 1 amide bonds. The first-order valence-corrected chi connectivity index (χ1v) is 10.6. The van der Waals surface area contributed by atoms with Gasteiger partial charge in [0.2, 0.25) is 0 Å². The highest BCUT2D eigenvalue weighted by Crippen LogP contribution is 2.23. The fourth-order valence-corrected chi connectivity index (χ4v) is 3.22. The van der Waals surface area contributed by atoms with E-state index in [0.29, 0.717) is 6.54 Å². The van der Waals surface area contributed by atoms with Crippen LogP contribution < -0.4 is 10.1 Å². The number of carbonyl (C=O) groups excluding carboxylic acids is 1. The summed E-state index contributed by atoms with van der Waals surface area (Å²) in [6.07, 6.45) is -0.466. The smallest absolute Gasteiger partial charge is 0.407 e. The van der Waals surface area contributed by atoms with Gasteiger partial charge >= 0.3 is 6.09 Å². The Kier molecular flexibility index (Phi) is 7.66. The maximum absolute atomic E-state index is 12.3. The molecule has 3 rings (SSSR count). The minimum Gasteiger partial charge on any atom is -0.497 e. The zero-order valence-electron chi connectivity index (χ0n) is 19.0. The largest absolute Gasteiger partial charge is 0.497 e. The highest BCUT2D eigenvalue weighted by molar-refractivity contribution is 6.13. The van der Waals surface area contributed by atoms with E-state index in [4.69, 9.17) is 14.5 Å². The summed E-state index contributed by atoms with van der Waals surface area (Å²) in [5, 5.41) is 2.88. The number of aliphatic imine (C=N–C) groups is 1. The normalized spacial score (nSPS) is 11.9. The van der Waals surface area contributed by atoms with Crippen molar-refractivity contribution in [3.8, 4) is 5.75 Å². The molecule has 3 aromatic rings. The first kappa shape index (κ1) is 23.1. The van der Waals surface area contributed by atoms with Crippen molar-refractivity contribution < 1.29 is 14.3 Å². The van der Waals surface area contributed by atoms with E-state index in [0.717, 1.165) is 28.2 Å². The van der Waals surface area contributed by atoms with Crippen LogP contribution in [-0.2, 0) is 4.74 Å². The Morgan fingerprint density at radius 3 is 1.88 bits per heavy atom. The number of methoxy groups -OCH3 is 1. The number of nitrogens with one attached hydrogen (secondary N) is 1. The minimum atomic E-state index is -0.567. The Bertz CT molecular complexity index is 983. The van der Waals surface area contributed by atoms with Gasteiger partial charge in [0.1, 0.15) is 11.4 Å². The topological polar surface area (TPSA) is 59.9 Å². The summed E-state index contributed by atoms with van der Waals surface area (Å²) in [5.74, 6) is 0.767. The number of ether oxygens (including phenoxy) is 2. The molecule has 3 aromatic carbocycles. The second kappa shape index (κ2) is 10.6. The highest BCUT2D eigenvalue weighted by Gasteiger charge is 2.19. The molecule has 0 radical (unpaired) electrons. The number of hydrogen-bond acceptors (Lipinski definition) is 4. The zero-order chi connectivity index (χ0) is 23.0. The molecule has 0 aliphatic rings. The van der Waals surface area contributed by atoms with E-state index in [9.17, 15) is 4.79 Å². The third kappa shape index (κ3) is 6.71. The van der Waals surface area contributed by atoms with Crippen LogP contribution in [0.25, 0.3) is 0 Å². The molecule has 0 heterocycles. The standard InChI is InChI=1S/C27H30N2O3/c1-27(2,3)32-26(30)28-19-24(20-15-17-23(31-4)18-16-20)29-25(21-11-7-5-8-12-21)22-13-9-6-10-14-22/h5-18,24H,19H2,1-4H3,(H,28,30)/t24-/m0/s1. The molecule has 0 saturated carbocycles. The van der Waals surface area contributed by atoms with Crippen LogP contribution >= 0.6 is 0 Å². The number of amides is 1. The van der Waals surface area contributed by atoms with Gasteiger partial charge in [0.15, 0.2) is 0 Å². The summed E-state index contributed by atoms with van der Waals surface area (Å²) < 4.78 is 10.7. The van der Waals surface area contributed by atoms with Crippen molar-refractivity contribution in [1.82, 2.24) is 5.32 Å². The van der Waals surface area contributed by atoms with Gasteiger partial charge in [-0.1, -0.05) is 72.8 Å². The molecule has 5 heteroatoms. The van der Waals surface area contributed by atoms with Crippen molar-refractivity contribution in [2.45, 2.75) is 32.4 Å². The Balaban J connectivity index is 1.99. The quantitative estimate of drug-likeness (QED) is 0.482. The van der Waals surface area contributed by atoms with Gasteiger partial charge in [-0.05, 0) is 38.5 Å². The lowest BCUT2D eigenvalue weighted by Crippen LogP contribution is -2.34. The third-order valence-electron chi connectivity index (χ3n) is 4.72. The average molecular weight is 431 g/mol. The number of rotatable bonds is 7. The number of alkyl carbamates (subject to hydrolysis) is 1. The summed E-state index contributed by atoms with van der Waals surface area (Å²) in [6.45, 7) is 5.82. The lowest BCUT2D eigenvalue weighted by Gasteiger charge is -2.22. The number of carbonyl (C=O) groups is 1. The summed E-state index contributed by atoms with van der Waals surface area (Å²) in [5.41, 5.74) is 3.27. The molecule has 166 valence electrons. The van der Waals surface area contributed by atoms with Gasteiger partial charge in [0.05, 0.1) is 18.9 Å². The maximum Gasteiger partial charge on any atom is 0.407 e. The Labute approximate surface area is 190 Å². The summed E-state index contributed by atoms with van der Waals surface area (Å²) in [6, 6.07) is 27.5. The third-order valence-corrected chi connectivity index (χ3v) is 4.72. The maximum atomic E-state index is 12.3. The molecular weight excluding hydrogens is 400 g/mol. The lowest BCUT2D eigenvalue weighted by atomic mass is 10.0. The first-order chi connectivity index (χ1) is 15.4. The SMILES string of the molecule is COc1ccc([C@H](CNC(=O)OC(C)(C)C)N=C(c2ccccc2)c2ccccc2)cc1. The van der Waals surface area contributed by atoms with Crippen molar-refractivity contribution >= 4 is 11.8 Å². The lowest BCUT2D eigenvalue weighted by molar-refractivity contribution is 0.0524. The monoisotopic (exact) mass is 430 g/mol. The van der Waals surface area contributed by atoms with Gasteiger partial charge in [0, 0.05) is 17.7 Å². The molecule has 0 unspecified atom stereocenters. The van der Waals surface area contributed by atoms with E-state index in [-0.39, 0.29) is 6.04 Å². The first-order valence-electron chi connectivity index (χ1n) is 10.6. The molecule has 0 aromatic heterocycles. The predicted molar refractivity (Wildman–Crippen MR) is 128 cm³/mol. The molecule has 0 spiro atoms. The molecule has 0 fully saturated rings. The van der Waals surface area contributed by atoms with Gasteiger partial charge in [-0.2, -0.15) is 0 Å². The molecule has 0 aliphatic carbocycles. The highest BCUT2D eigenvalue weighted by atomic mass is 16.6. The van der Waals surface area contributed by atoms with E-state index >= 15 is 0 Å². The van der Waals surface area contributed by atoms with E-state index < -0.39 is 11.7 Å². The van der Waals surface area contributed by atoms with Crippen LogP contribution in [0.1, 0.15) is 43.5 Å². The number of benzene rings is 3. The van der Waals surface area contributed by atoms with Crippen molar-refractivity contribution in [3.63, 3.8) is 0 Å². The van der Waals surface area contributed by atoms with E-state index in [1.54, 1.807) is 7.11 Å². The van der Waals surface area contributed by atoms with Gasteiger partial charge in [-0.25, -0.2) is 4.79 Å². The van der Waals surface area contributed by atoms with Gasteiger partial charge in [-0.3, -0.25) is 4.99 Å². The van der Waals surface area contributed by atoms with Crippen LogP contribution in [0.3, 0.4) is 0 Å². The molecule has 1 N–H and O–H groups in total. The van der Waals surface area contributed by atoms with E-state index in [1.165, 1.54) is 0 Å². The molecular formula is C27H30N2O3.